The van der Waals surface area contributed by atoms with Gasteiger partial charge in [0.15, 0.2) is 5.69 Å². The first-order valence-corrected chi connectivity index (χ1v) is 10.6. The predicted octanol–water partition coefficient (Wildman–Crippen LogP) is 4.04. The summed E-state index contributed by atoms with van der Waals surface area (Å²) in [6.07, 6.45) is -5.30. The first kappa shape index (κ1) is 24.9. The van der Waals surface area contributed by atoms with Crippen LogP contribution in [0.1, 0.15) is 57.2 Å². The van der Waals surface area contributed by atoms with Gasteiger partial charge in [0.05, 0.1) is 33.3 Å². The number of aryl methyl sites for hydroxylation is 1. The zero-order chi connectivity index (χ0) is 23.7. The highest BCUT2D eigenvalue weighted by Crippen LogP contribution is 2.36. The Labute approximate surface area is 188 Å². The van der Waals surface area contributed by atoms with Crippen LogP contribution in [0.3, 0.4) is 0 Å². The second-order valence-electron chi connectivity index (χ2n) is 6.85. The molecule has 2 aromatic rings. The third kappa shape index (κ3) is 5.64. The number of hydrogen-bond acceptors (Lipinski definition) is 6. The first-order chi connectivity index (χ1) is 14.2. The minimum Gasteiger partial charge on any atom is -0.459 e. The second-order valence-corrected chi connectivity index (χ2v) is 8.66. The van der Waals surface area contributed by atoms with Crippen molar-refractivity contribution in [1.82, 2.24) is 9.78 Å². The first-order valence-electron chi connectivity index (χ1n) is 8.98. The van der Waals surface area contributed by atoms with Gasteiger partial charge >= 0.3 is 12.1 Å². The number of amides is 2. The molecule has 0 fully saturated rings. The van der Waals surface area contributed by atoms with E-state index in [2.05, 4.69) is 26.3 Å². The lowest BCUT2D eigenvalue weighted by atomic mass is 10.1. The number of ether oxygens (including phenoxy) is 1. The summed E-state index contributed by atoms with van der Waals surface area (Å²) in [5.74, 6) is -2.08. The standard InChI is InChI=1S/C18H20BrF3N4O4S/c1-7(2)30-17(29)11-8(3)13(15(23)28)31-16(11)24-10(27)5-6-26-9(4)12(19)14(25-26)18(20,21)22/h7H,5-6H2,1-4H3,(H2,23,28)(H,24,27). The van der Waals surface area contributed by atoms with E-state index in [0.717, 1.165) is 16.0 Å². The van der Waals surface area contributed by atoms with Gasteiger partial charge in [0.25, 0.3) is 5.91 Å². The highest BCUT2D eigenvalue weighted by Gasteiger charge is 2.38. The minimum atomic E-state index is -4.64. The molecule has 0 atom stereocenters. The van der Waals surface area contributed by atoms with Crippen molar-refractivity contribution < 1.29 is 32.3 Å². The molecule has 2 aromatic heterocycles. The Kier molecular flexibility index (Phi) is 7.53. The van der Waals surface area contributed by atoms with E-state index >= 15 is 0 Å². The molecule has 170 valence electrons. The van der Waals surface area contributed by atoms with Gasteiger partial charge in [-0.2, -0.15) is 18.3 Å². The molecule has 2 amide bonds. The third-order valence-electron chi connectivity index (χ3n) is 4.12. The van der Waals surface area contributed by atoms with Gasteiger partial charge in [-0.3, -0.25) is 14.3 Å². The van der Waals surface area contributed by atoms with E-state index in [-0.39, 0.29) is 44.1 Å². The summed E-state index contributed by atoms with van der Waals surface area (Å²) in [5, 5.41) is 6.11. The third-order valence-corrected chi connectivity index (χ3v) is 6.29. The zero-order valence-corrected chi connectivity index (χ0v) is 19.4. The Bertz CT molecular complexity index is 1030. The van der Waals surface area contributed by atoms with E-state index in [9.17, 15) is 27.6 Å². The molecule has 0 saturated heterocycles. The Morgan fingerprint density at radius 3 is 2.39 bits per heavy atom. The molecule has 8 nitrogen and oxygen atoms in total. The summed E-state index contributed by atoms with van der Waals surface area (Å²) >= 11 is 3.70. The summed E-state index contributed by atoms with van der Waals surface area (Å²) < 4.78 is 45.0. The van der Waals surface area contributed by atoms with Crippen LogP contribution in [0.25, 0.3) is 0 Å². The summed E-state index contributed by atoms with van der Waals surface area (Å²) in [6.45, 7) is 6.10. The van der Waals surface area contributed by atoms with Crippen LogP contribution in [0.5, 0.6) is 0 Å². The number of aromatic nitrogens is 2. The number of nitrogens with one attached hydrogen (secondary N) is 1. The zero-order valence-electron chi connectivity index (χ0n) is 17.0. The molecule has 2 rings (SSSR count). The Morgan fingerprint density at radius 2 is 1.90 bits per heavy atom. The fraction of sp³-hybridized carbons (Fsp3) is 0.444. The molecule has 0 unspecified atom stereocenters. The summed E-state index contributed by atoms with van der Waals surface area (Å²) in [4.78, 5) is 36.6. The molecule has 0 aliphatic heterocycles. The molecular formula is C18H20BrF3N4O4S. The van der Waals surface area contributed by atoms with Gasteiger partial charge in [-0.25, -0.2) is 4.79 Å². The monoisotopic (exact) mass is 524 g/mol. The van der Waals surface area contributed by atoms with Crippen molar-refractivity contribution in [2.75, 3.05) is 5.32 Å². The van der Waals surface area contributed by atoms with Crippen LogP contribution in [0.2, 0.25) is 0 Å². The molecule has 0 spiro atoms. The van der Waals surface area contributed by atoms with E-state index < -0.39 is 35.8 Å². The molecule has 0 aliphatic carbocycles. The molecule has 2 heterocycles. The Morgan fingerprint density at radius 1 is 1.29 bits per heavy atom. The number of hydrogen-bond donors (Lipinski definition) is 2. The van der Waals surface area contributed by atoms with E-state index in [0.29, 0.717) is 0 Å². The van der Waals surface area contributed by atoms with Crippen molar-refractivity contribution in [3.05, 3.63) is 31.9 Å². The van der Waals surface area contributed by atoms with E-state index in [1.54, 1.807) is 13.8 Å². The highest BCUT2D eigenvalue weighted by atomic mass is 79.9. The minimum absolute atomic E-state index is 0.0122. The molecule has 0 bridgehead atoms. The number of halogens is 4. The topological polar surface area (TPSA) is 116 Å². The molecule has 31 heavy (non-hydrogen) atoms. The average molecular weight is 525 g/mol. The molecule has 0 aromatic carbocycles. The van der Waals surface area contributed by atoms with Gasteiger partial charge in [-0.15, -0.1) is 11.3 Å². The number of nitrogens with zero attached hydrogens (tertiary/aromatic N) is 2. The SMILES string of the molecule is Cc1c(C(N)=O)sc(NC(=O)CCn2nc(C(F)(F)F)c(Br)c2C)c1C(=O)OC(C)C. The van der Waals surface area contributed by atoms with Gasteiger partial charge in [-0.1, -0.05) is 0 Å². The van der Waals surface area contributed by atoms with Crippen molar-refractivity contribution >= 4 is 50.1 Å². The van der Waals surface area contributed by atoms with Crippen molar-refractivity contribution in [3.8, 4) is 0 Å². The van der Waals surface area contributed by atoms with Gasteiger partial charge in [0.1, 0.15) is 5.00 Å². The molecule has 0 radical (unpaired) electrons. The maximum Gasteiger partial charge on any atom is 0.436 e. The number of carbonyl (C=O) groups is 3. The number of rotatable bonds is 7. The largest absolute Gasteiger partial charge is 0.459 e. The molecule has 0 aliphatic rings. The maximum absolute atomic E-state index is 13.0. The lowest BCUT2D eigenvalue weighted by Gasteiger charge is -2.10. The van der Waals surface area contributed by atoms with Gasteiger partial charge in [0, 0.05) is 6.42 Å². The molecular weight excluding hydrogens is 505 g/mol. The maximum atomic E-state index is 13.0. The number of alkyl halides is 3. The summed E-state index contributed by atoms with van der Waals surface area (Å²) in [7, 11) is 0. The highest BCUT2D eigenvalue weighted by molar-refractivity contribution is 9.10. The number of anilines is 1. The van der Waals surface area contributed by atoms with Gasteiger partial charge in [0.2, 0.25) is 5.91 Å². The van der Waals surface area contributed by atoms with Crippen LogP contribution in [0, 0.1) is 13.8 Å². The summed E-state index contributed by atoms with van der Waals surface area (Å²) in [5.41, 5.74) is 4.75. The quantitative estimate of drug-likeness (QED) is 0.530. The normalized spacial score (nSPS) is 11.6. The smallest absolute Gasteiger partial charge is 0.436 e. The number of esters is 1. The van der Waals surface area contributed by atoms with Gasteiger partial charge < -0.3 is 15.8 Å². The fourth-order valence-corrected chi connectivity index (χ4v) is 4.25. The lowest BCUT2D eigenvalue weighted by Crippen LogP contribution is -2.18. The average Bonchev–Trinajstić information content (AvgIpc) is 3.10. The molecule has 0 saturated carbocycles. The second kappa shape index (κ2) is 9.39. The van der Waals surface area contributed by atoms with Crippen LogP contribution in [-0.4, -0.2) is 33.7 Å². The van der Waals surface area contributed by atoms with Crippen LogP contribution in [-0.2, 0) is 22.3 Å². The van der Waals surface area contributed by atoms with Crippen molar-refractivity contribution in [3.63, 3.8) is 0 Å². The van der Waals surface area contributed by atoms with Crippen LogP contribution >= 0.6 is 27.3 Å². The lowest BCUT2D eigenvalue weighted by molar-refractivity contribution is -0.142. The van der Waals surface area contributed by atoms with Crippen molar-refractivity contribution in [2.24, 2.45) is 5.73 Å². The van der Waals surface area contributed by atoms with Crippen molar-refractivity contribution in [2.45, 2.75) is 52.9 Å². The molecule has 3 N–H and O–H groups in total. The number of nitrogens with two attached hydrogens (primary N) is 1. The van der Waals surface area contributed by atoms with Crippen LogP contribution < -0.4 is 11.1 Å². The van der Waals surface area contributed by atoms with Crippen LogP contribution in [0.4, 0.5) is 18.2 Å². The fourth-order valence-electron chi connectivity index (χ4n) is 2.68. The van der Waals surface area contributed by atoms with E-state index in [4.69, 9.17) is 10.5 Å². The van der Waals surface area contributed by atoms with Crippen LogP contribution in [0.15, 0.2) is 4.47 Å². The number of thiophene rings is 1. The summed E-state index contributed by atoms with van der Waals surface area (Å²) in [6, 6.07) is 0. The van der Waals surface area contributed by atoms with Gasteiger partial charge in [-0.05, 0) is 49.2 Å². The van der Waals surface area contributed by atoms with E-state index in [1.807, 2.05) is 0 Å². The molecule has 13 heteroatoms. The Balaban J connectivity index is 2.22. The predicted molar refractivity (Wildman–Crippen MR) is 111 cm³/mol. The number of primary amides is 1. The Hall–Kier alpha value is -2.41. The van der Waals surface area contributed by atoms with Crippen molar-refractivity contribution in [1.29, 1.82) is 0 Å². The number of carbonyl (C=O) groups excluding carboxylic acids is 3. The van der Waals surface area contributed by atoms with E-state index in [1.165, 1.54) is 13.8 Å².